The molecule has 1 fully saturated rings. The Kier molecular flexibility index (Phi) is 5.17. The van der Waals surface area contributed by atoms with Crippen LogP contribution in [0.5, 0.6) is 0 Å². The van der Waals surface area contributed by atoms with Crippen molar-refractivity contribution in [1.29, 1.82) is 0 Å². The zero-order valence-corrected chi connectivity index (χ0v) is 14.6. The van der Waals surface area contributed by atoms with Crippen LogP contribution in [0.3, 0.4) is 0 Å². The number of hydrogen-bond donors (Lipinski definition) is 1. The fraction of sp³-hybridized carbons (Fsp3) is 0.333. The standard InChI is InChI=1S/C21H23NO3/c1-14-8-9-16(12-15(14)2)13-19(23)25-20(17-6-4-3-5-7-17)21(24)22-18-10-11-18/h3-9,12,18,20H,10-11,13H2,1-2H3,(H,22,24)/t20-/m0/s1. The average Bonchev–Trinajstić information content (AvgIpc) is 3.41. The Morgan fingerprint density at radius 1 is 1.08 bits per heavy atom. The normalized spacial score (nSPS) is 14.6. The molecule has 0 aromatic heterocycles. The molecule has 1 N–H and O–H groups in total. The third-order valence-corrected chi connectivity index (χ3v) is 4.43. The monoisotopic (exact) mass is 337 g/mol. The van der Waals surface area contributed by atoms with Crippen LogP contribution in [-0.2, 0) is 20.7 Å². The van der Waals surface area contributed by atoms with E-state index in [0.29, 0.717) is 5.56 Å². The van der Waals surface area contributed by atoms with Gasteiger partial charge in [-0.15, -0.1) is 0 Å². The van der Waals surface area contributed by atoms with Crippen molar-refractivity contribution in [2.45, 2.75) is 45.3 Å². The maximum atomic E-state index is 12.5. The van der Waals surface area contributed by atoms with Crippen molar-refractivity contribution in [3.8, 4) is 0 Å². The minimum absolute atomic E-state index is 0.154. The molecule has 0 bridgehead atoms. The van der Waals surface area contributed by atoms with E-state index >= 15 is 0 Å². The van der Waals surface area contributed by atoms with Gasteiger partial charge in [0.1, 0.15) is 0 Å². The largest absolute Gasteiger partial charge is 0.447 e. The summed E-state index contributed by atoms with van der Waals surface area (Å²) in [5, 5.41) is 2.92. The second kappa shape index (κ2) is 7.51. The Hall–Kier alpha value is -2.62. The fourth-order valence-corrected chi connectivity index (χ4v) is 2.66. The van der Waals surface area contributed by atoms with Gasteiger partial charge in [0.2, 0.25) is 6.10 Å². The lowest BCUT2D eigenvalue weighted by atomic mass is 10.0. The number of esters is 1. The van der Waals surface area contributed by atoms with Gasteiger partial charge in [0, 0.05) is 11.6 Å². The summed E-state index contributed by atoms with van der Waals surface area (Å²) >= 11 is 0. The zero-order chi connectivity index (χ0) is 17.8. The Morgan fingerprint density at radius 3 is 2.44 bits per heavy atom. The number of amides is 1. The van der Waals surface area contributed by atoms with E-state index in [9.17, 15) is 9.59 Å². The summed E-state index contributed by atoms with van der Waals surface area (Å²) in [5.74, 6) is -0.648. The van der Waals surface area contributed by atoms with Crippen molar-refractivity contribution >= 4 is 11.9 Å². The molecule has 2 aromatic rings. The zero-order valence-electron chi connectivity index (χ0n) is 14.6. The molecule has 3 rings (SSSR count). The maximum Gasteiger partial charge on any atom is 0.311 e. The molecule has 4 heteroatoms. The summed E-state index contributed by atoms with van der Waals surface area (Å²) in [6, 6.07) is 15.3. The number of ether oxygens (including phenoxy) is 1. The van der Waals surface area contributed by atoms with Gasteiger partial charge in [-0.2, -0.15) is 0 Å². The van der Waals surface area contributed by atoms with Crippen LogP contribution < -0.4 is 5.32 Å². The topological polar surface area (TPSA) is 55.4 Å². The van der Waals surface area contributed by atoms with Gasteiger partial charge in [-0.05, 0) is 43.4 Å². The highest BCUT2D eigenvalue weighted by atomic mass is 16.5. The lowest BCUT2D eigenvalue weighted by Gasteiger charge is -2.18. The lowest BCUT2D eigenvalue weighted by Crippen LogP contribution is -2.33. The number of nitrogens with one attached hydrogen (secondary N) is 1. The van der Waals surface area contributed by atoms with Crippen LogP contribution >= 0.6 is 0 Å². The van der Waals surface area contributed by atoms with Crippen LogP contribution in [0.25, 0.3) is 0 Å². The van der Waals surface area contributed by atoms with E-state index in [2.05, 4.69) is 5.32 Å². The summed E-state index contributed by atoms with van der Waals surface area (Å²) in [6.07, 6.45) is 1.23. The van der Waals surface area contributed by atoms with Gasteiger partial charge < -0.3 is 10.1 Å². The molecule has 25 heavy (non-hydrogen) atoms. The van der Waals surface area contributed by atoms with Gasteiger partial charge in [0.25, 0.3) is 5.91 Å². The van der Waals surface area contributed by atoms with Crippen molar-refractivity contribution in [2.75, 3.05) is 0 Å². The number of rotatable bonds is 6. The predicted molar refractivity (Wildman–Crippen MR) is 96.1 cm³/mol. The molecule has 2 aromatic carbocycles. The Labute approximate surface area is 148 Å². The highest BCUT2D eigenvalue weighted by Crippen LogP contribution is 2.23. The minimum atomic E-state index is -0.902. The van der Waals surface area contributed by atoms with Gasteiger partial charge in [-0.25, -0.2) is 0 Å². The molecule has 0 radical (unpaired) electrons. The summed E-state index contributed by atoms with van der Waals surface area (Å²) in [7, 11) is 0. The Morgan fingerprint density at radius 2 is 1.80 bits per heavy atom. The van der Waals surface area contributed by atoms with Crippen LogP contribution in [0, 0.1) is 13.8 Å². The molecule has 130 valence electrons. The Bertz CT molecular complexity index is 766. The summed E-state index contributed by atoms with van der Waals surface area (Å²) < 4.78 is 5.55. The molecule has 1 aliphatic rings. The van der Waals surface area contributed by atoms with Crippen molar-refractivity contribution in [3.05, 3.63) is 70.8 Å². The van der Waals surface area contributed by atoms with E-state index in [1.165, 1.54) is 5.56 Å². The van der Waals surface area contributed by atoms with Crippen LogP contribution in [0.2, 0.25) is 0 Å². The molecule has 0 heterocycles. The SMILES string of the molecule is Cc1ccc(CC(=O)O[C@H](C(=O)NC2CC2)c2ccccc2)cc1C. The van der Waals surface area contributed by atoms with E-state index < -0.39 is 12.1 Å². The molecule has 1 saturated carbocycles. The van der Waals surface area contributed by atoms with Crippen LogP contribution in [0.1, 0.15) is 41.2 Å². The van der Waals surface area contributed by atoms with Crippen LogP contribution in [0.4, 0.5) is 0 Å². The number of hydrogen-bond acceptors (Lipinski definition) is 3. The lowest BCUT2D eigenvalue weighted by molar-refractivity contribution is -0.156. The number of benzene rings is 2. The van der Waals surface area contributed by atoms with Gasteiger partial charge in [-0.3, -0.25) is 9.59 Å². The van der Waals surface area contributed by atoms with E-state index in [0.717, 1.165) is 24.0 Å². The molecule has 0 saturated heterocycles. The second-order valence-corrected chi connectivity index (χ2v) is 6.66. The highest BCUT2D eigenvalue weighted by molar-refractivity contribution is 5.85. The van der Waals surface area contributed by atoms with E-state index in [4.69, 9.17) is 4.74 Å². The average molecular weight is 337 g/mol. The first-order chi connectivity index (χ1) is 12.0. The molecular weight excluding hydrogens is 314 g/mol. The Balaban J connectivity index is 1.71. The van der Waals surface area contributed by atoms with E-state index in [-0.39, 0.29) is 18.4 Å². The molecule has 4 nitrogen and oxygen atoms in total. The molecule has 1 atom stereocenters. The molecular formula is C21H23NO3. The molecule has 0 aliphatic heterocycles. The van der Waals surface area contributed by atoms with Gasteiger partial charge in [0.15, 0.2) is 0 Å². The van der Waals surface area contributed by atoms with Crippen molar-refractivity contribution in [3.63, 3.8) is 0 Å². The predicted octanol–water partition coefficient (Wildman–Crippen LogP) is 3.41. The van der Waals surface area contributed by atoms with Crippen LogP contribution in [0.15, 0.2) is 48.5 Å². The maximum absolute atomic E-state index is 12.5. The molecule has 0 unspecified atom stereocenters. The van der Waals surface area contributed by atoms with Crippen molar-refractivity contribution in [1.82, 2.24) is 5.32 Å². The highest BCUT2D eigenvalue weighted by Gasteiger charge is 2.30. The van der Waals surface area contributed by atoms with Crippen molar-refractivity contribution in [2.24, 2.45) is 0 Å². The fourth-order valence-electron chi connectivity index (χ4n) is 2.66. The summed E-state index contributed by atoms with van der Waals surface area (Å²) in [4.78, 5) is 24.9. The molecule has 1 aliphatic carbocycles. The first kappa shape index (κ1) is 17.2. The smallest absolute Gasteiger partial charge is 0.311 e. The second-order valence-electron chi connectivity index (χ2n) is 6.66. The number of carbonyl (C=O) groups excluding carboxylic acids is 2. The summed E-state index contributed by atoms with van der Waals surface area (Å²) in [6.45, 7) is 4.05. The first-order valence-electron chi connectivity index (χ1n) is 8.64. The third kappa shape index (κ3) is 4.69. The minimum Gasteiger partial charge on any atom is -0.447 e. The molecule has 0 spiro atoms. The molecule has 1 amide bonds. The van der Waals surface area contributed by atoms with Crippen molar-refractivity contribution < 1.29 is 14.3 Å². The van der Waals surface area contributed by atoms with E-state index in [1.807, 2.05) is 50.2 Å². The van der Waals surface area contributed by atoms with E-state index in [1.54, 1.807) is 12.1 Å². The number of aryl methyl sites for hydroxylation is 2. The van der Waals surface area contributed by atoms with Gasteiger partial charge >= 0.3 is 5.97 Å². The van der Waals surface area contributed by atoms with Gasteiger partial charge in [-0.1, -0.05) is 48.5 Å². The van der Waals surface area contributed by atoms with Crippen LogP contribution in [-0.4, -0.2) is 17.9 Å². The van der Waals surface area contributed by atoms with Gasteiger partial charge in [0.05, 0.1) is 6.42 Å². The summed E-state index contributed by atoms with van der Waals surface area (Å²) in [5.41, 5.74) is 3.90. The third-order valence-electron chi connectivity index (χ3n) is 4.43. The quantitative estimate of drug-likeness (QED) is 0.822. The number of carbonyl (C=O) groups is 2. The first-order valence-corrected chi connectivity index (χ1v) is 8.64.